The van der Waals surface area contributed by atoms with Crippen molar-refractivity contribution < 1.29 is 0 Å². The van der Waals surface area contributed by atoms with Crippen LogP contribution in [0.5, 0.6) is 0 Å². The van der Waals surface area contributed by atoms with Gasteiger partial charge in [0.25, 0.3) is 0 Å². The largest absolute Gasteiger partial charge is 0.143 e. The normalized spacial score (nSPS) is 36.0. The van der Waals surface area contributed by atoms with E-state index in [1.54, 1.807) is 0 Å². The lowest BCUT2D eigenvalue weighted by Gasteiger charge is -2.03. The van der Waals surface area contributed by atoms with Gasteiger partial charge in [-0.2, -0.15) is 0 Å². The molecule has 0 N–H and O–H groups in total. The summed E-state index contributed by atoms with van der Waals surface area (Å²) in [6.07, 6.45) is 0. The highest BCUT2D eigenvalue weighted by Gasteiger charge is 1.98. The summed E-state index contributed by atoms with van der Waals surface area (Å²) in [5.41, 5.74) is 0. The quantitative estimate of drug-likeness (QED) is 0.321. The fraction of sp³-hybridized carbons (Fsp3) is 0. The molecular weight excluding hydrogens is 118 g/mol. The zero-order chi connectivity index (χ0) is 2.83. The van der Waals surface area contributed by atoms with Gasteiger partial charge in [0.1, 0.15) is 0 Å². The van der Waals surface area contributed by atoms with Gasteiger partial charge in [-0.05, 0) is 0 Å². The van der Waals surface area contributed by atoms with Crippen LogP contribution in [0.4, 0.5) is 0 Å². The molecule has 0 unspecified atom stereocenters. The molecule has 0 saturated carbocycles. The summed E-state index contributed by atoms with van der Waals surface area (Å²) >= 11 is 0. The van der Waals surface area contributed by atoms with E-state index < -0.39 is 0 Å². The zero-order valence-electron chi connectivity index (χ0n) is 2.00. The molecule has 0 aliphatic carbocycles. The third-order valence-electron chi connectivity index (χ3n) is 0.250. The molecule has 1 rings (SSSR count). The summed E-state index contributed by atoms with van der Waals surface area (Å²) in [6, 6.07) is 0. The maximum absolute atomic E-state index is 1.39. The molecule has 1 saturated heterocycles. The molecule has 1 aliphatic rings. The Morgan fingerprint density at radius 2 is 1.25 bits per heavy atom. The number of hydrogen-bond donors (Lipinski definition) is 0. The molecule has 0 aromatic heterocycles. The lowest BCUT2D eigenvalue weighted by atomic mass is 27.1. The molecule has 1 fully saturated rings. The first-order chi connectivity index (χ1) is 2.00. The Morgan fingerprint density at radius 1 is 1.00 bits per heavy atom. The van der Waals surface area contributed by atoms with Gasteiger partial charge in [0, 0.05) is 0 Å². The van der Waals surface area contributed by atoms with Crippen molar-refractivity contribution in [3.8, 4) is 0 Å². The molecule has 0 amide bonds. The Bertz CT molecular complexity index is 12.0. The van der Waals surface area contributed by atoms with Crippen molar-refractivity contribution in [1.82, 2.24) is 0 Å². The van der Waals surface area contributed by atoms with Crippen molar-refractivity contribution >= 4 is 33.1 Å². The Kier molecular flexibility index (Phi) is 1.45. The summed E-state index contributed by atoms with van der Waals surface area (Å²) in [4.78, 5) is 0. The minimum absolute atomic E-state index is 1.39. The van der Waals surface area contributed by atoms with Crippen molar-refractivity contribution in [2.75, 3.05) is 0 Å². The fourth-order valence-electron chi connectivity index (χ4n) is 0.0625. The first-order valence-electron chi connectivity index (χ1n) is 1.00. The molecule has 0 atom stereocenters. The van der Waals surface area contributed by atoms with Crippen molar-refractivity contribution in [2.45, 2.75) is 0 Å². The first-order valence-corrected chi connectivity index (χ1v) is 9.00. The molecular formula is H2P2Si2. The Morgan fingerprint density at radius 3 is 1.25 bits per heavy atom. The fourth-order valence-corrected chi connectivity index (χ4v) is 5.06. The molecule has 1 aliphatic heterocycles. The van der Waals surface area contributed by atoms with Gasteiger partial charge in [-0.15, -0.1) is 15.4 Å². The topological polar surface area (TPSA) is 0 Å². The van der Waals surface area contributed by atoms with Crippen LogP contribution >= 0.6 is 15.4 Å². The second-order valence-electron chi connectivity index (χ2n) is 0.500. The van der Waals surface area contributed by atoms with Gasteiger partial charge >= 0.3 is 0 Å². The summed E-state index contributed by atoms with van der Waals surface area (Å²) < 4.78 is 0. The van der Waals surface area contributed by atoms with E-state index in [1.807, 2.05) is 0 Å². The van der Waals surface area contributed by atoms with Gasteiger partial charge in [0.05, 0.1) is 17.7 Å². The van der Waals surface area contributed by atoms with Gasteiger partial charge in [-0.1, -0.05) is 0 Å². The molecule has 0 bridgehead atoms. The Hall–Kier alpha value is 1.29. The summed E-state index contributed by atoms with van der Waals surface area (Å²) in [6.45, 7) is 0. The monoisotopic (exact) mass is 120 g/mol. The van der Waals surface area contributed by atoms with Crippen molar-refractivity contribution in [3.63, 3.8) is 0 Å². The van der Waals surface area contributed by atoms with Crippen LogP contribution in [-0.4, -0.2) is 17.7 Å². The van der Waals surface area contributed by atoms with Gasteiger partial charge < -0.3 is 0 Å². The molecule has 4 heavy (non-hydrogen) atoms. The van der Waals surface area contributed by atoms with Crippen LogP contribution in [-0.2, 0) is 0 Å². The molecule has 0 aromatic carbocycles. The van der Waals surface area contributed by atoms with Gasteiger partial charge in [0.2, 0.25) is 0 Å². The highest BCUT2D eigenvalue weighted by atomic mass is 32.0. The van der Waals surface area contributed by atoms with Crippen LogP contribution in [0.1, 0.15) is 0 Å². The SMILES string of the molecule is [Si]1P[Si]P1. The molecule has 0 aromatic rings. The molecule has 20 valence electrons. The highest BCUT2D eigenvalue weighted by molar-refractivity contribution is 8.42. The lowest BCUT2D eigenvalue weighted by Crippen LogP contribution is -1.85. The van der Waals surface area contributed by atoms with E-state index in [1.165, 1.54) is 33.1 Å². The van der Waals surface area contributed by atoms with Gasteiger partial charge in [-0.25, -0.2) is 0 Å². The van der Waals surface area contributed by atoms with E-state index in [2.05, 4.69) is 0 Å². The molecule has 1 heterocycles. The molecule has 4 heteroatoms. The van der Waals surface area contributed by atoms with Crippen molar-refractivity contribution in [1.29, 1.82) is 0 Å². The standard InChI is InChI=1S/H2P2Si2/c1-3-2-4-1/h1-2H. The summed E-state index contributed by atoms with van der Waals surface area (Å²) in [7, 11) is 5.56. The van der Waals surface area contributed by atoms with Crippen LogP contribution in [0.2, 0.25) is 0 Å². The maximum Gasteiger partial charge on any atom is 0.0938 e. The Balaban J connectivity index is 2.00. The molecule has 4 radical (unpaired) electrons. The predicted octanol–water partition coefficient (Wildman–Crippen LogP) is 0.425. The van der Waals surface area contributed by atoms with E-state index in [9.17, 15) is 0 Å². The molecule has 0 nitrogen and oxygen atoms in total. The predicted molar refractivity (Wildman–Crippen MR) is 28.1 cm³/mol. The Labute approximate surface area is 33.8 Å². The van der Waals surface area contributed by atoms with Crippen LogP contribution < -0.4 is 0 Å². The minimum Gasteiger partial charge on any atom is -0.143 e. The first kappa shape index (κ1) is 3.48. The zero-order valence-corrected chi connectivity index (χ0v) is 6.00. The average molecular weight is 120 g/mol. The summed E-state index contributed by atoms with van der Waals surface area (Å²) in [5, 5.41) is 0. The average Bonchev–Trinajstić information content (AvgIpc) is 0.722. The maximum atomic E-state index is 1.39. The van der Waals surface area contributed by atoms with Crippen LogP contribution in [0.25, 0.3) is 0 Å². The van der Waals surface area contributed by atoms with E-state index in [0.29, 0.717) is 0 Å². The number of hydrogen-bond acceptors (Lipinski definition) is 0. The van der Waals surface area contributed by atoms with Gasteiger partial charge in [0.15, 0.2) is 0 Å². The second-order valence-corrected chi connectivity index (χ2v) is 13.5. The van der Waals surface area contributed by atoms with E-state index in [0.717, 1.165) is 0 Å². The lowest BCUT2D eigenvalue weighted by molar-refractivity contribution is 4.25. The summed E-state index contributed by atoms with van der Waals surface area (Å²) in [5.74, 6) is 0. The smallest absolute Gasteiger partial charge is 0.0938 e. The van der Waals surface area contributed by atoms with Crippen LogP contribution in [0, 0.1) is 0 Å². The van der Waals surface area contributed by atoms with Gasteiger partial charge in [-0.3, -0.25) is 0 Å². The van der Waals surface area contributed by atoms with Crippen molar-refractivity contribution in [2.24, 2.45) is 0 Å². The van der Waals surface area contributed by atoms with E-state index >= 15 is 0 Å². The molecule has 0 spiro atoms. The highest BCUT2D eigenvalue weighted by Crippen LogP contribution is 2.34. The number of rotatable bonds is 0. The van der Waals surface area contributed by atoms with Crippen molar-refractivity contribution in [3.05, 3.63) is 0 Å². The third kappa shape index (κ3) is 0.618. The van der Waals surface area contributed by atoms with E-state index in [4.69, 9.17) is 0 Å². The second kappa shape index (κ2) is 1.66. The minimum atomic E-state index is 1.39. The van der Waals surface area contributed by atoms with Crippen LogP contribution in [0.15, 0.2) is 0 Å². The third-order valence-corrected chi connectivity index (χ3v) is 20.2. The van der Waals surface area contributed by atoms with E-state index in [-0.39, 0.29) is 0 Å². The van der Waals surface area contributed by atoms with Crippen LogP contribution in [0.3, 0.4) is 0 Å².